The van der Waals surface area contributed by atoms with Gasteiger partial charge in [0.05, 0.1) is 121 Å². The molecule has 0 amide bonds. The largest absolute Gasteiger partial charge is 0.456 e. The average Bonchev–Trinajstić information content (AvgIpc) is 1.67. The van der Waals surface area contributed by atoms with Crippen molar-refractivity contribution >= 4 is 174 Å². The van der Waals surface area contributed by atoms with Crippen LogP contribution in [-0.4, -0.2) is 0 Å². The minimum absolute atomic E-state index is 0.403. The molecule has 3 aromatic heterocycles. The molecule has 3 nitrogen and oxygen atoms in total. The molecule has 0 radical (unpaired) electrons. The molecule has 3 heteroatoms. The summed E-state index contributed by atoms with van der Waals surface area (Å²) >= 11 is 0. The van der Waals surface area contributed by atoms with Gasteiger partial charge in [0.2, 0.25) is 0 Å². The van der Waals surface area contributed by atoms with E-state index in [2.05, 4.69) is 0 Å². The maximum Gasteiger partial charge on any atom is 0.136 e. The summed E-state index contributed by atoms with van der Waals surface area (Å²) in [4.78, 5) is 0. The van der Waals surface area contributed by atoms with Gasteiger partial charge in [-0.25, -0.2) is 0 Å². The van der Waals surface area contributed by atoms with E-state index in [1.165, 1.54) is 0 Å². The molecule has 0 fully saturated rings. The fraction of sp³-hybridized carbons (Fsp3) is 0. The summed E-state index contributed by atoms with van der Waals surface area (Å²) in [7, 11) is 0. The summed E-state index contributed by atoms with van der Waals surface area (Å²) in [6, 6.07) is -83.9. The highest BCUT2D eigenvalue weighted by Crippen LogP contribution is 2.53. The average molecular weight is 1930 g/mol. The summed E-state index contributed by atoms with van der Waals surface area (Å²) < 4.78 is 809. The molecule has 0 atom stereocenters. The van der Waals surface area contributed by atoms with Crippen LogP contribution in [0.5, 0.6) is 0 Å². The Morgan fingerprint density at radius 3 is 0.628 bits per heavy atom. The molecular weight excluding hydrogens is 1750 g/mol. The molecule has 0 spiro atoms. The maximum absolute atomic E-state index is 9.95. The zero-order valence-corrected chi connectivity index (χ0v) is 72.2. The third-order valence-corrected chi connectivity index (χ3v) is 23.5. The van der Waals surface area contributed by atoms with Crippen LogP contribution in [-0.2, 0) is 0 Å². The van der Waals surface area contributed by atoms with Crippen LogP contribution < -0.4 is 0 Å². The predicted octanol–water partition coefficient (Wildman–Crippen LogP) is 40.6. The van der Waals surface area contributed by atoms with E-state index in [1.807, 2.05) is 0 Å². The lowest BCUT2D eigenvalue weighted by atomic mass is 9.83. The van der Waals surface area contributed by atoms with Crippen molar-refractivity contribution in [3.63, 3.8) is 0 Å². The van der Waals surface area contributed by atoms with E-state index in [9.17, 15) is 48.0 Å². The van der Waals surface area contributed by atoms with Gasteiger partial charge in [-0.1, -0.05) is 477 Å². The van der Waals surface area contributed by atoms with Crippen molar-refractivity contribution in [1.82, 2.24) is 0 Å². The molecule has 0 unspecified atom stereocenters. The SMILES string of the molecule is [2H]c1c([2H])c(-c2c3c([2H])c([2H])c([2H])c([2H])c3c(-c3c([2H])c([2H])c4oc5c([2H])c([2H])c6c([2H])c([2H])c([2H])c([2H])c6c5c4c3[2H])c3c([2H])c([2H])c([2H])c([2H])c23)c([2H])c([2H])c1-c1c([2H])c([2H])c([2H])c2c([2H])c([2H])c([2H])c([2H])c12.[2H]c1c([2H])c([2H])c(-c2c([2H])c([2H])c(-c3c([2H])c([2H])c(-c4c5c([2H])c([2H])c([2H])c([2H])c5c(-c5c([2H])c([2H])c6oc7c([2H])c([2H])c8c([2H])c([2H])c([2H])c([2H])c8c7c6c5[2H])c5c([2H])c([2H])c([2H])c([2H])c45)c([2H])c3[2H])c([2H])c2[2H])c([2H])c1[2H].[2H]c1c([2H])c([2H])c(-c2c([2H])c([2H])c(-c3c([2H])c([2H])c([2H])c([2H])c3-c3c4c([2H])c([2H])c([2H])c([2H])c4c(-c4c([2H])c([2H])c5oc6c([2H])c([2H])c7c([2H])c([2H])c([2H])c([2H])c7c6c5c4[2H])c4c([2H])c([2H])c([2H])c([2H])c34)c([2H])c2[2H])c([2H])c1[2H]. The van der Waals surface area contributed by atoms with Gasteiger partial charge in [0.25, 0.3) is 0 Å². The van der Waals surface area contributed by atoms with E-state index in [0.29, 0.717) is 0 Å². The molecule has 27 aromatic carbocycles. The second-order valence-corrected chi connectivity index (χ2v) is 31.3. The molecule has 0 aliphatic carbocycles. The molecule has 674 valence electrons. The Kier molecular flexibility index (Phi) is 8.19. The summed E-state index contributed by atoms with van der Waals surface area (Å²) in [5.41, 5.74) is -21.7. The van der Waals surface area contributed by atoms with Crippen molar-refractivity contribution in [2.24, 2.45) is 0 Å². The standard InChI is InChI=1S/2C48H30O.C46H28O/c1-2-10-31(11-3-1)32-18-20-33(21-19-32)34-22-24-36(25-23-34)46-39-14-6-8-16-41(39)47(42-17-9-7-15-40(42)46)37-27-28-44-43(30-37)48-38-13-5-4-12-35(38)26-29-45(48)49-44;1-2-12-31(13-3-1)32-22-24-34(25-23-32)36-15-6-7-17-38(36)47-41-20-10-8-18-39(41)46(40-19-9-11-21-42(40)47)35-27-28-44-43(30-35)48-37-16-5-4-14-33(37)26-29-45(48)49-44;1-3-13-34-29(10-1)12-9-19-35(34)31-20-22-32(23-21-31)44-37-15-5-7-17-39(37)45(40-18-8-6-16-38(40)44)33-25-26-42-41(28-33)46-36-14-4-2-11-30(36)24-27-43(46)47-42/h2*1-30H;1-28H/i2*1D,2D,3D,4D,5D,6D,7D,8D,9D,10D,11D,12D,13D,14D,15D,16D,17D,18D,19D,20D,21D,22D,23D,24D,25D,26D,27D,28D,29D,30D;1D,2D,3D,4D,5D,6D,7D,8D,9D,10D,11D,12D,13D,14D,15D,16D,17D,18D,19D,20D,21D,22D,23D,24D,25D,26D,27D,28D. The molecule has 30 rings (SSSR count). The summed E-state index contributed by atoms with van der Waals surface area (Å²) in [5.74, 6) is 0. The van der Waals surface area contributed by atoms with Gasteiger partial charge in [-0.05, 0) is 285 Å². The van der Waals surface area contributed by atoms with Crippen LogP contribution in [0.15, 0.2) is 545 Å². The number of fused-ring (bicyclic) bond motifs is 22. The Morgan fingerprint density at radius 2 is 0.310 bits per heavy atom. The first-order valence-electron chi connectivity index (χ1n) is 86.7. The molecule has 0 aliphatic rings. The zero-order chi connectivity index (χ0) is 172. The minimum atomic E-state index is -1.14. The lowest BCUT2D eigenvalue weighted by Crippen LogP contribution is -1.92. The Labute approximate surface area is 960 Å². The van der Waals surface area contributed by atoms with Crippen molar-refractivity contribution in [2.45, 2.75) is 0 Å². The van der Waals surface area contributed by atoms with Gasteiger partial charge < -0.3 is 13.3 Å². The summed E-state index contributed by atoms with van der Waals surface area (Å²) in [6.45, 7) is 0. The third-order valence-electron chi connectivity index (χ3n) is 23.5. The Bertz CT molecular complexity index is 15900. The lowest BCUT2D eigenvalue weighted by molar-refractivity contribution is 0.669. The number of benzene rings is 27. The van der Waals surface area contributed by atoms with Gasteiger partial charge in [0, 0.05) is 32.3 Å². The number of hydrogen-bond acceptors (Lipinski definition) is 3. The molecule has 0 N–H and O–H groups in total. The molecule has 145 heavy (non-hydrogen) atoms. The topological polar surface area (TPSA) is 39.4 Å². The first-order chi connectivity index (χ1) is 109. The van der Waals surface area contributed by atoms with E-state index in [1.54, 1.807) is 0 Å². The van der Waals surface area contributed by atoms with Crippen molar-refractivity contribution in [2.75, 3.05) is 0 Å². The highest BCUT2D eigenvalue weighted by atomic mass is 16.3. The fourth-order valence-corrected chi connectivity index (χ4v) is 17.3. The number of furan rings is 3. The van der Waals surface area contributed by atoms with Gasteiger partial charge in [-0.2, -0.15) is 0 Å². The Morgan fingerprint density at radius 1 is 0.110 bits per heavy atom. The monoisotopic (exact) mass is 1930 g/mol. The minimum Gasteiger partial charge on any atom is -0.456 e. The molecule has 3 heterocycles. The normalized spacial score (nSPS) is 20.2. The smallest absolute Gasteiger partial charge is 0.136 e. The molecular formula is C142H88O3. The van der Waals surface area contributed by atoms with Crippen molar-refractivity contribution in [1.29, 1.82) is 0 Å². The molecule has 0 bridgehead atoms. The summed E-state index contributed by atoms with van der Waals surface area (Å²) in [5, 5.41) is -16.3. The van der Waals surface area contributed by atoms with E-state index in [4.69, 9.17) is 85.9 Å². The molecule has 0 saturated heterocycles. The van der Waals surface area contributed by atoms with Crippen molar-refractivity contribution in [3.05, 3.63) is 532 Å². The third kappa shape index (κ3) is 14.4. The van der Waals surface area contributed by atoms with Gasteiger partial charge in [-0.3, -0.25) is 0 Å². The lowest BCUT2D eigenvalue weighted by Gasteiger charge is -2.20. The molecule has 0 aliphatic heterocycles. The van der Waals surface area contributed by atoms with Crippen LogP contribution >= 0.6 is 0 Å². The van der Waals surface area contributed by atoms with Gasteiger partial charge in [0.1, 0.15) is 33.5 Å². The quantitative estimate of drug-likeness (QED) is 0.121. The fourth-order valence-electron chi connectivity index (χ4n) is 17.3. The maximum atomic E-state index is 9.95. The van der Waals surface area contributed by atoms with Gasteiger partial charge >= 0.3 is 0 Å². The molecule has 0 saturated carbocycles. The first-order valence-corrected chi connectivity index (χ1v) is 42.7. The van der Waals surface area contributed by atoms with Crippen molar-refractivity contribution < 1.29 is 134 Å². The number of rotatable bonds is 11. The van der Waals surface area contributed by atoms with Crippen LogP contribution in [0.3, 0.4) is 0 Å². The zero-order valence-electron chi connectivity index (χ0n) is 160. The van der Waals surface area contributed by atoms with E-state index in [-0.39, 0.29) is 0 Å². The number of hydrogen-bond donors (Lipinski definition) is 0. The molecule has 30 aromatic rings. The van der Waals surface area contributed by atoms with Crippen LogP contribution in [0.4, 0.5) is 0 Å². The second kappa shape index (κ2) is 35.1. The Hall–Kier alpha value is -19.1. The van der Waals surface area contributed by atoms with E-state index in [0.717, 1.165) is 0 Å². The predicted molar refractivity (Wildman–Crippen MR) is 616 cm³/mol. The van der Waals surface area contributed by atoms with E-state index >= 15 is 0 Å². The van der Waals surface area contributed by atoms with E-state index < -0.39 is 828 Å². The Balaban J connectivity index is 0.000000150. The van der Waals surface area contributed by atoms with Crippen LogP contribution in [0.1, 0.15) is 121 Å². The van der Waals surface area contributed by atoms with Crippen LogP contribution in [0.25, 0.3) is 296 Å². The highest BCUT2D eigenvalue weighted by molar-refractivity contribution is 6.29. The van der Waals surface area contributed by atoms with Crippen LogP contribution in [0, 0.1) is 0 Å². The first kappa shape index (κ1) is 33.9. The second-order valence-electron chi connectivity index (χ2n) is 31.3. The van der Waals surface area contributed by atoms with Gasteiger partial charge in [0.15, 0.2) is 0 Å². The van der Waals surface area contributed by atoms with Crippen LogP contribution in [0.2, 0.25) is 0 Å². The van der Waals surface area contributed by atoms with Crippen molar-refractivity contribution in [3.8, 4) is 122 Å². The summed E-state index contributed by atoms with van der Waals surface area (Å²) in [6.07, 6.45) is 0. The highest BCUT2D eigenvalue weighted by Gasteiger charge is 2.26. The van der Waals surface area contributed by atoms with Gasteiger partial charge in [-0.15, -0.1) is 0 Å².